The average molecular weight is 1040 g/mol. The lowest BCUT2D eigenvalue weighted by atomic mass is 9.89. The topological polar surface area (TPSA) is 217 Å². The number of para-hydroxylation sites is 4. The highest BCUT2D eigenvalue weighted by Crippen LogP contribution is 2.35. The van der Waals surface area contributed by atoms with Crippen molar-refractivity contribution in [3.8, 4) is 0 Å². The molecule has 4 aromatic carbocycles. The molecule has 0 bridgehead atoms. The lowest BCUT2D eigenvalue weighted by molar-refractivity contribution is -0.148. The Bertz CT molecular complexity index is 2500. The Balaban J connectivity index is 0.000000148. The molecule has 408 valence electrons. The van der Waals surface area contributed by atoms with Gasteiger partial charge in [0.1, 0.15) is 0 Å². The van der Waals surface area contributed by atoms with E-state index in [0.717, 1.165) is 86.8 Å². The Morgan fingerprint density at radius 1 is 0.526 bits per heavy atom. The number of likely N-dealkylation sites (tertiary alicyclic amines) is 1. The van der Waals surface area contributed by atoms with Gasteiger partial charge < -0.3 is 20.5 Å². The number of aliphatic carboxylic acids is 1. The number of imide groups is 1. The van der Waals surface area contributed by atoms with Crippen molar-refractivity contribution in [2.75, 3.05) is 105 Å². The lowest BCUT2D eigenvalue weighted by Crippen LogP contribution is -2.46. The van der Waals surface area contributed by atoms with Crippen LogP contribution in [0.5, 0.6) is 0 Å². The monoisotopic (exact) mass is 1040 g/mol. The van der Waals surface area contributed by atoms with Gasteiger partial charge in [-0.15, -0.1) is 0 Å². The molecule has 5 amide bonds. The standard InChI is InChI=1S/C16H23N3O.C15H21N3O2.C15H18N2O4.C11H15N3O/c1-16(12-18-10-6-3-7-11-18)13-19(17-15(16)20)14-8-4-2-5-9-14;1-15(11-17-7-9-20-10-8-17)12-18(16-14(15)19)13-5-3-2-4-6-13;1-15(2)10-16(11-6-4-3-5-7-11)17(14(15)21)12(18)8-9-13(19)20;1-11(7-12)8-14(13-10(11)15)9-5-3-2-4-6-9/h2,4-5,8-9H,3,6-7,10-13H2,1H3,(H,17,20);2-6H,7-12H2,1H3,(H,16,19);3-7H,8-10H2,1-2H3,(H,19,20);2-6H,7-8,12H2,1H3,(H,13,15). The molecule has 4 aromatic rings. The van der Waals surface area contributed by atoms with Gasteiger partial charge in [-0.05, 0) is 109 Å². The van der Waals surface area contributed by atoms with Gasteiger partial charge in [0.05, 0.1) is 90.2 Å². The van der Waals surface area contributed by atoms with E-state index in [9.17, 15) is 28.8 Å². The first kappa shape index (κ1) is 56.7. The van der Waals surface area contributed by atoms with Crippen molar-refractivity contribution in [1.82, 2.24) is 31.1 Å². The van der Waals surface area contributed by atoms with Crippen LogP contribution in [-0.2, 0) is 33.5 Å². The van der Waals surface area contributed by atoms with Gasteiger partial charge in [0.25, 0.3) is 5.91 Å². The van der Waals surface area contributed by atoms with E-state index in [4.69, 9.17) is 15.6 Å². The zero-order valence-electron chi connectivity index (χ0n) is 44.8. The zero-order chi connectivity index (χ0) is 54.5. The van der Waals surface area contributed by atoms with Gasteiger partial charge in [0, 0.05) is 39.1 Å². The van der Waals surface area contributed by atoms with Crippen LogP contribution < -0.4 is 42.0 Å². The molecule has 0 aliphatic carbocycles. The van der Waals surface area contributed by atoms with Crippen molar-refractivity contribution in [1.29, 1.82) is 0 Å². The van der Waals surface area contributed by atoms with Crippen LogP contribution in [0.4, 0.5) is 22.7 Å². The molecule has 10 rings (SSSR count). The third kappa shape index (κ3) is 14.2. The Kier molecular flexibility index (Phi) is 18.8. The molecule has 6 aliphatic rings. The highest BCUT2D eigenvalue weighted by Gasteiger charge is 2.48. The Hall–Kier alpha value is -7.06. The number of morpholine rings is 1. The number of carbonyl (C=O) groups is 6. The number of rotatable bonds is 12. The number of amides is 5. The number of piperidine rings is 1. The van der Waals surface area contributed by atoms with Gasteiger partial charge in [0.15, 0.2) is 0 Å². The number of ether oxygens (including phenoxy) is 1. The Morgan fingerprint density at radius 2 is 0.908 bits per heavy atom. The van der Waals surface area contributed by atoms with Crippen molar-refractivity contribution < 1.29 is 38.6 Å². The fourth-order valence-electron chi connectivity index (χ4n) is 9.99. The van der Waals surface area contributed by atoms with E-state index in [1.807, 2.05) is 150 Å². The smallest absolute Gasteiger partial charge is 0.303 e. The van der Waals surface area contributed by atoms with E-state index < -0.39 is 22.7 Å². The number of hydrogen-bond donors (Lipinski definition) is 5. The molecule has 6 N–H and O–H groups in total. The molecule has 0 spiro atoms. The van der Waals surface area contributed by atoms with E-state index in [1.54, 1.807) is 18.9 Å². The fourth-order valence-corrected chi connectivity index (χ4v) is 9.99. The lowest BCUT2D eigenvalue weighted by Gasteiger charge is -2.32. The number of hydrogen-bond acceptors (Lipinski definition) is 14. The quantitative estimate of drug-likeness (QED) is 0.125. The molecule has 0 radical (unpaired) electrons. The van der Waals surface area contributed by atoms with Crippen LogP contribution in [0.2, 0.25) is 0 Å². The van der Waals surface area contributed by atoms with Gasteiger partial charge in [-0.1, -0.05) is 79.2 Å². The Labute approximate surface area is 447 Å². The molecule has 0 aromatic heterocycles. The summed E-state index contributed by atoms with van der Waals surface area (Å²) in [5, 5.41) is 17.2. The number of nitrogens with two attached hydrogens (primary N) is 1. The molecular weight excluding hydrogens is 967 g/mol. The van der Waals surface area contributed by atoms with Crippen molar-refractivity contribution >= 4 is 58.3 Å². The van der Waals surface area contributed by atoms with Crippen molar-refractivity contribution in [2.45, 2.75) is 66.7 Å². The molecule has 6 heterocycles. The van der Waals surface area contributed by atoms with Crippen LogP contribution in [0.1, 0.15) is 66.7 Å². The third-order valence-electron chi connectivity index (χ3n) is 14.6. The van der Waals surface area contributed by atoms with Crippen LogP contribution in [0.25, 0.3) is 0 Å². The van der Waals surface area contributed by atoms with E-state index in [0.29, 0.717) is 26.2 Å². The van der Waals surface area contributed by atoms with Crippen molar-refractivity contribution in [3.63, 3.8) is 0 Å². The second kappa shape index (κ2) is 25.2. The normalized spacial score (nSPS) is 24.3. The predicted octanol–water partition coefficient (Wildman–Crippen LogP) is 5.08. The summed E-state index contributed by atoms with van der Waals surface area (Å²) in [4.78, 5) is 76.4. The zero-order valence-corrected chi connectivity index (χ0v) is 44.8. The first-order chi connectivity index (χ1) is 36.3. The summed E-state index contributed by atoms with van der Waals surface area (Å²) in [6, 6.07) is 38.9. The molecule has 3 atom stereocenters. The number of benzene rings is 4. The summed E-state index contributed by atoms with van der Waals surface area (Å²) in [5.74, 6) is -1.60. The van der Waals surface area contributed by atoms with Crippen LogP contribution in [0, 0.1) is 21.7 Å². The second-order valence-electron chi connectivity index (χ2n) is 21.9. The van der Waals surface area contributed by atoms with E-state index >= 15 is 0 Å². The van der Waals surface area contributed by atoms with E-state index in [2.05, 4.69) is 33.0 Å². The minimum Gasteiger partial charge on any atom is -0.481 e. The first-order valence-corrected chi connectivity index (χ1v) is 26.4. The highest BCUT2D eigenvalue weighted by atomic mass is 16.5. The summed E-state index contributed by atoms with van der Waals surface area (Å²) >= 11 is 0. The maximum atomic E-state index is 12.4. The predicted molar refractivity (Wildman–Crippen MR) is 293 cm³/mol. The summed E-state index contributed by atoms with van der Waals surface area (Å²) < 4.78 is 5.36. The van der Waals surface area contributed by atoms with Crippen LogP contribution in [0.3, 0.4) is 0 Å². The molecule has 19 heteroatoms. The molecular formula is C57H77N11O8. The van der Waals surface area contributed by atoms with Crippen LogP contribution >= 0.6 is 0 Å². The van der Waals surface area contributed by atoms with Crippen LogP contribution in [-0.4, -0.2) is 141 Å². The molecule has 6 fully saturated rings. The maximum Gasteiger partial charge on any atom is 0.303 e. The molecule has 76 heavy (non-hydrogen) atoms. The summed E-state index contributed by atoms with van der Waals surface area (Å²) in [6.45, 7) is 19.6. The van der Waals surface area contributed by atoms with Gasteiger partial charge in [0.2, 0.25) is 23.6 Å². The van der Waals surface area contributed by atoms with Crippen molar-refractivity contribution in [2.24, 2.45) is 27.4 Å². The Morgan fingerprint density at radius 3 is 1.30 bits per heavy atom. The number of carboxylic acids is 1. The molecule has 3 unspecified atom stereocenters. The summed E-state index contributed by atoms with van der Waals surface area (Å²) in [5.41, 5.74) is 16.4. The summed E-state index contributed by atoms with van der Waals surface area (Å²) in [7, 11) is 0. The number of carboxylic acid groups (broad SMARTS) is 1. The fraction of sp³-hybridized carbons (Fsp3) is 0.474. The van der Waals surface area contributed by atoms with E-state index in [1.165, 1.54) is 19.3 Å². The number of nitrogens with one attached hydrogen (secondary N) is 3. The number of nitrogens with zero attached hydrogens (tertiary/aromatic N) is 7. The third-order valence-corrected chi connectivity index (χ3v) is 14.6. The van der Waals surface area contributed by atoms with Crippen LogP contribution in [0.15, 0.2) is 121 Å². The maximum absolute atomic E-state index is 12.4. The summed E-state index contributed by atoms with van der Waals surface area (Å²) in [6.07, 6.45) is 3.38. The van der Waals surface area contributed by atoms with Crippen molar-refractivity contribution in [3.05, 3.63) is 121 Å². The van der Waals surface area contributed by atoms with Gasteiger partial charge >= 0.3 is 5.97 Å². The minimum atomic E-state index is -1.06. The SMILES string of the molecule is CC1(C)CN(c2ccccc2)N(C(=O)CCC(=O)O)C1=O.CC1(CN)CN(c2ccccc2)NC1=O.CC1(CN2CCCCC2)CN(c2ccccc2)NC1=O.CC1(CN2CCOCC2)CN(c2ccccc2)NC1=O. The first-order valence-electron chi connectivity index (χ1n) is 26.4. The largest absolute Gasteiger partial charge is 0.481 e. The van der Waals surface area contributed by atoms with Gasteiger partial charge in [-0.25, -0.2) is 0 Å². The van der Waals surface area contributed by atoms with E-state index in [-0.39, 0.29) is 47.3 Å². The number of anilines is 4. The van der Waals surface area contributed by atoms with Gasteiger partial charge in [-0.3, -0.25) is 70.0 Å². The van der Waals surface area contributed by atoms with Gasteiger partial charge in [-0.2, -0.15) is 5.01 Å². The molecule has 0 saturated carbocycles. The number of carbonyl (C=O) groups excluding carboxylic acids is 5. The number of hydrazine groups is 4. The highest BCUT2D eigenvalue weighted by molar-refractivity contribution is 6.02. The molecule has 6 saturated heterocycles. The molecule has 19 nitrogen and oxygen atoms in total. The average Bonchev–Trinajstić information content (AvgIpc) is 4.10. The second-order valence-corrected chi connectivity index (χ2v) is 21.9. The molecule has 6 aliphatic heterocycles. The minimum absolute atomic E-state index is 0.00569.